The molecule has 1 aliphatic rings. The van der Waals surface area contributed by atoms with Crippen molar-refractivity contribution in [2.24, 2.45) is 0 Å². The first-order chi connectivity index (χ1) is 14.2. The molecule has 2 N–H and O–H groups in total. The Morgan fingerprint density at radius 1 is 0.828 bits per heavy atom. The average Bonchev–Trinajstić information content (AvgIpc) is 3.24. The van der Waals surface area contributed by atoms with Crippen LogP contribution in [0, 0.1) is 0 Å². The number of carbonyl (C=O) groups excluding carboxylic acids is 2. The van der Waals surface area contributed by atoms with Crippen LogP contribution in [-0.2, 0) is 13.1 Å². The number of carbonyl (C=O) groups is 2. The zero-order valence-corrected chi connectivity index (χ0v) is 15.4. The maximum Gasteiger partial charge on any atom is 0.270 e. The highest BCUT2D eigenvalue weighted by molar-refractivity contribution is 5.98. The van der Waals surface area contributed by atoms with Crippen molar-refractivity contribution in [3.05, 3.63) is 83.4 Å². The van der Waals surface area contributed by atoms with E-state index in [1.165, 1.54) is 12.3 Å². The van der Waals surface area contributed by atoms with Crippen LogP contribution in [0.25, 0.3) is 0 Å². The van der Waals surface area contributed by atoms with Gasteiger partial charge in [0.05, 0.1) is 0 Å². The number of benzene rings is 1. The lowest BCUT2D eigenvalue weighted by Crippen LogP contribution is -2.26. The first kappa shape index (κ1) is 18.4. The monoisotopic (exact) mass is 390 g/mol. The van der Waals surface area contributed by atoms with Gasteiger partial charge in [0.1, 0.15) is 5.69 Å². The third kappa shape index (κ3) is 4.49. The highest BCUT2D eigenvalue weighted by Gasteiger charge is 2.15. The van der Waals surface area contributed by atoms with Gasteiger partial charge in [0.2, 0.25) is 6.79 Å². The Labute approximate surface area is 166 Å². The Hall–Kier alpha value is -3.94. The van der Waals surface area contributed by atoms with E-state index < -0.39 is 0 Å². The average molecular weight is 390 g/mol. The van der Waals surface area contributed by atoms with E-state index in [4.69, 9.17) is 9.47 Å². The normalized spacial score (nSPS) is 11.7. The molecule has 8 heteroatoms. The van der Waals surface area contributed by atoms with Crippen LogP contribution < -0.4 is 20.1 Å². The predicted octanol–water partition coefficient (Wildman–Crippen LogP) is 2.07. The molecular formula is C21H18N4O4. The van der Waals surface area contributed by atoms with Crippen LogP contribution in [0.1, 0.15) is 32.0 Å². The lowest BCUT2D eigenvalue weighted by atomic mass is 10.2. The second-order valence-electron chi connectivity index (χ2n) is 6.34. The molecule has 146 valence electrons. The molecule has 2 amide bonds. The first-order valence-corrected chi connectivity index (χ1v) is 8.99. The minimum absolute atomic E-state index is 0.169. The molecule has 0 saturated carbocycles. The summed E-state index contributed by atoms with van der Waals surface area (Å²) in [5, 5.41) is 5.61. The number of fused-ring (bicyclic) bond motifs is 1. The molecule has 0 atom stereocenters. The SMILES string of the molecule is O=C(NCc1ccncc1)c1ccnc(C(=O)NCc2ccc3c(c2)OCO3)c1. The lowest BCUT2D eigenvalue weighted by Gasteiger charge is -2.08. The summed E-state index contributed by atoms with van der Waals surface area (Å²) >= 11 is 0. The van der Waals surface area contributed by atoms with Gasteiger partial charge < -0.3 is 20.1 Å². The van der Waals surface area contributed by atoms with Crippen LogP contribution in [0.2, 0.25) is 0 Å². The molecule has 29 heavy (non-hydrogen) atoms. The Morgan fingerprint density at radius 2 is 1.59 bits per heavy atom. The minimum atomic E-state index is -0.369. The molecule has 0 radical (unpaired) electrons. The molecule has 1 aromatic carbocycles. The standard InChI is InChI=1S/C21H18N4O4/c26-20(24-11-14-3-6-22-7-4-14)16-5-8-23-17(10-16)21(27)25-12-15-1-2-18-19(9-15)29-13-28-18/h1-10H,11-13H2,(H,24,26)(H,25,27). The van der Waals surface area contributed by atoms with E-state index in [-0.39, 0.29) is 24.3 Å². The summed E-state index contributed by atoms with van der Waals surface area (Å²) in [7, 11) is 0. The molecule has 1 aliphatic heterocycles. The van der Waals surface area contributed by atoms with Gasteiger partial charge in [-0.15, -0.1) is 0 Å². The smallest absolute Gasteiger partial charge is 0.270 e. The Kier molecular flexibility index (Phi) is 5.33. The number of rotatable bonds is 6. The summed E-state index contributed by atoms with van der Waals surface area (Å²) in [6, 6.07) is 12.1. The fraction of sp³-hybridized carbons (Fsp3) is 0.143. The second kappa shape index (κ2) is 8.39. The van der Waals surface area contributed by atoms with Crippen molar-refractivity contribution in [1.82, 2.24) is 20.6 Å². The fourth-order valence-corrected chi connectivity index (χ4v) is 2.80. The van der Waals surface area contributed by atoms with Gasteiger partial charge in [-0.3, -0.25) is 19.6 Å². The lowest BCUT2D eigenvalue weighted by molar-refractivity contribution is 0.0946. The highest BCUT2D eigenvalue weighted by Crippen LogP contribution is 2.32. The van der Waals surface area contributed by atoms with E-state index >= 15 is 0 Å². The van der Waals surface area contributed by atoms with E-state index in [1.807, 2.05) is 24.3 Å². The summed E-state index contributed by atoms with van der Waals surface area (Å²) in [5.41, 5.74) is 2.34. The molecule has 3 heterocycles. The molecule has 4 rings (SSSR count). The molecule has 0 aliphatic carbocycles. The molecular weight excluding hydrogens is 372 g/mol. The van der Waals surface area contributed by atoms with Gasteiger partial charge in [0.15, 0.2) is 11.5 Å². The molecule has 3 aromatic rings. The third-order valence-corrected chi connectivity index (χ3v) is 4.35. The zero-order valence-electron chi connectivity index (χ0n) is 15.4. The van der Waals surface area contributed by atoms with Crippen molar-refractivity contribution in [3.63, 3.8) is 0 Å². The summed E-state index contributed by atoms with van der Waals surface area (Å²) in [6.45, 7) is 0.871. The van der Waals surface area contributed by atoms with E-state index in [0.29, 0.717) is 30.2 Å². The first-order valence-electron chi connectivity index (χ1n) is 8.99. The van der Waals surface area contributed by atoms with Crippen LogP contribution in [0.4, 0.5) is 0 Å². The van der Waals surface area contributed by atoms with Crippen molar-refractivity contribution in [1.29, 1.82) is 0 Å². The van der Waals surface area contributed by atoms with Crippen molar-refractivity contribution in [2.45, 2.75) is 13.1 Å². The summed E-state index contributed by atoms with van der Waals surface area (Å²) < 4.78 is 10.6. The number of nitrogens with zero attached hydrogens (tertiary/aromatic N) is 2. The largest absolute Gasteiger partial charge is 0.454 e. The molecule has 2 aromatic heterocycles. The predicted molar refractivity (Wildman–Crippen MR) is 103 cm³/mol. The number of amides is 2. The van der Waals surface area contributed by atoms with E-state index in [1.54, 1.807) is 24.5 Å². The molecule has 0 fully saturated rings. The van der Waals surface area contributed by atoms with Gasteiger partial charge >= 0.3 is 0 Å². The maximum absolute atomic E-state index is 12.4. The van der Waals surface area contributed by atoms with Crippen LogP contribution in [0.3, 0.4) is 0 Å². The second-order valence-corrected chi connectivity index (χ2v) is 6.34. The van der Waals surface area contributed by atoms with Gasteiger partial charge in [-0.1, -0.05) is 6.07 Å². The number of nitrogens with one attached hydrogen (secondary N) is 2. The Balaban J connectivity index is 1.36. The van der Waals surface area contributed by atoms with Gasteiger partial charge in [-0.25, -0.2) is 0 Å². The van der Waals surface area contributed by atoms with Crippen molar-refractivity contribution < 1.29 is 19.1 Å². The fourth-order valence-electron chi connectivity index (χ4n) is 2.80. The van der Waals surface area contributed by atoms with E-state index in [9.17, 15) is 9.59 Å². The van der Waals surface area contributed by atoms with Gasteiger partial charge in [-0.2, -0.15) is 0 Å². The molecule has 0 unspecified atom stereocenters. The van der Waals surface area contributed by atoms with Crippen LogP contribution >= 0.6 is 0 Å². The zero-order chi connectivity index (χ0) is 20.1. The van der Waals surface area contributed by atoms with Gasteiger partial charge in [0, 0.05) is 37.2 Å². The Morgan fingerprint density at radius 3 is 2.45 bits per heavy atom. The van der Waals surface area contributed by atoms with E-state index in [2.05, 4.69) is 20.6 Å². The van der Waals surface area contributed by atoms with Crippen molar-refractivity contribution in [3.8, 4) is 11.5 Å². The van der Waals surface area contributed by atoms with Gasteiger partial charge in [0.25, 0.3) is 11.8 Å². The maximum atomic E-state index is 12.4. The van der Waals surface area contributed by atoms with Crippen LogP contribution in [0.5, 0.6) is 11.5 Å². The quantitative estimate of drug-likeness (QED) is 0.668. The molecule has 0 saturated heterocycles. The number of hydrogen-bond donors (Lipinski definition) is 2. The topological polar surface area (TPSA) is 102 Å². The van der Waals surface area contributed by atoms with Crippen molar-refractivity contribution in [2.75, 3.05) is 6.79 Å². The summed E-state index contributed by atoms with van der Waals surface area (Å²) in [6.07, 6.45) is 4.77. The molecule has 8 nitrogen and oxygen atoms in total. The minimum Gasteiger partial charge on any atom is -0.454 e. The van der Waals surface area contributed by atoms with Gasteiger partial charge in [-0.05, 0) is 47.5 Å². The van der Waals surface area contributed by atoms with Crippen molar-refractivity contribution >= 4 is 11.8 Å². The molecule has 0 spiro atoms. The summed E-state index contributed by atoms with van der Waals surface area (Å²) in [5.74, 6) is 0.690. The number of pyridine rings is 2. The number of ether oxygens (including phenoxy) is 2. The van der Waals surface area contributed by atoms with E-state index in [0.717, 1.165) is 11.1 Å². The molecule has 0 bridgehead atoms. The number of aromatic nitrogens is 2. The van der Waals surface area contributed by atoms with Crippen LogP contribution in [-0.4, -0.2) is 28.6 Å². The number of hydrogen-bond acceptors (Lipinski definition) is 6. The Bertz CT molecular complexity index is 1040. The summed E-state index contributed by atoms with van der Waals surface area (Å²) in [4.78, 5) is 32.8. The van der Waals surface area contributed by atoms with Crippen LogP contribution in [0.15, 0.2) is 61.1 Å². The third-order valence-electron chi connectivity index (χ3n) is 4.35. The highest BCUT2D eigenvalue weighted by atomic mass is 16.7.